The number of nitrogens with one attached hydrogen (secondary N) is 1. The molecule has 0 aromatic heterocycles. The summed E-state index contributed by atoms with van der Waals surface area (Å²) in [5.41, 5.74) is 1.10. The summed E-state index contributed by atoms with van der Waals surface area (Å²) in [4.78, 5) is 0. The molecule has 1 saturated carbocycles. The molecule has 2 fully saturated rings. The first-order valence-electron chi connectivity index (χ1n) is 8.18. The standard InChI is InChI=1S/C18H26FNO/c1-18(2)9-8-17(21-18)11-14(12-20-16-6-7-16)13-4-3-5-15(19)10-13/h3-5,10,14,16-17,20H,6-9,11-12H2,1-2H3. The highest BCUT2D eigenvalue weighted by atomic mass is 19.1. The molecule has 2 unspecified atom stereocenters. The number of benzene rings is 1. The van der Waals surface area contributed by atoms with E-state index in [1.54, 1.807) is 6.07 Å². The summed E-state index contributed by atoms with van der Waals surface area (Å²) in [5, 5.41) is 3.59. The van der Waals surface area contributed by atoms with E-state index in [0.717, 1.165) is 31.4 Å². The third kappa shape index (κ3) is 4.27. The number of ether oxygens (including phenoxy) is 1. The van der Waals surface area contributed by atoms with Crippen LogP contribution in [0, 0.1) is 5.82 Å². The third-order valence-electron chi connectivity index (χ3n) is 4.65. The molecule has 1 aromatic carbocycles. The molecule has 1 aliphatic heterocycles. The molecule has 0 amide bonds. The predicted molar refractivity (Wildman–Crippen MR) is 83.0 cm³/mol. The van der Waals surface area contributed by atoms with Crippen LogP contribution in [0.25, 0.3) is 0 Å². The Labute approximate surface area is 127 Å². The maximum atomic E-state index is 13.5. The Kier molecular flexibility index (Phi) is 4.32. The summed E-state index contributed by atoms with van der Waals surface area (Å²) < 4.78 is 19.7. The highest BCUT2D eigenvalue weighted by molar-refractivity contribution is 5.21. The molecule has 0 radical (unpaired) electrons. The molecule has 2 nitrogen and oxygen atoms in total. The molecular formula is C18H26FNO. The van der Waals surface area contributed by atoms with Gasteiger partial charge in [-0.2, -0.15) is 0 Å². The van der Waals surface area contributed by atoms with Gasteiger partial charge in [-0.3, -0.25) is 0 Å². The van der Waals surface area contributed by atoms with Gasteiger partial charge in [-0.15, -0.1) is 0 Å². The largest absolute Gasteiger partial charge is 0.372 e. The van der Waals surface area contributed by atoms with Crippen LogP contribution in [0.3, 0.4) is 0 Å². The van der Waals surface area contributed by atoms with E-state index >= 15 is 0 Å². The van der Waals surface area contributed by atoms with E-state index < -0.39 is 0 Å². The summed E-state index contributed by atoms with van der Waals surface area (Å²) >= 11 is 0. The van der Waals surface area contributed by atoms with E-state index in [-0.39, 0.29) is 11.4 Å². The summed E-state index contributed by atoms with van der Waals surface area (Å²) in [6.07, 6.45) is 6.07. The molecule has 1 heterocycles. The smallest absolute Gasteiger partial charge is 0.123 e. The van der Waals surface area contributed by atoms with Crippen LogP contribution in [0.1, 0.15) is 57.4 Å². The number of rotatable bonds is 6. The Morgan fingerprint density at radius 1 is 1.33 bits per heavy atom. The lowest BCUT2D eigenvalue weighted by Gasteiger charge is -2.24. The third-order valence-corrected chi connectivity index (χ3v) is 4.65. The van der Waals surface area contributed by atoms with Gasteiger partial charge in [0.25, 0.3) is 0 Å². The first-order valence-corrected chi connectivity index (χ1v) is 8.18. The second kappa shape index (κ2) is 6.05. The van der Waals surface area contributed by atoms with Crippen molar-refractivity contribution in [2.45, 2.75) is 69.6 Å². The normalized spacial score (nSPS) is 26.0. The van der Waals surface area contributed by atoms with E-state index in [9.17, 15) is 4.39 Å². The molecule has 1 aliphatic carbocycles. The van der Waals surface area contributed by atoms with E-state index in [1.165, 1.54) is 18.9 Å². The number of hydrogen-bond acceptors (Lipinski definition) is 2. The first kappa shape index (κ1) is 15.0. The van der Waals surface area contributed by atoms with Crippen molar-refractivity contribution in [2.75, 3.05) is 6.54 Å². The van der Waals surface area contributed by atoms with Crippen LogP contribution in [0.15, 0.2) is 24.3 Å². The summed E-state index contributed by atoms with van der Waals surface area (Å²) in [6.45, 7) is 5.24. The molecule has 2 atom stereocenters. The predicted octanol–water partition coefficient (Wildman–Crippen LogP) is 4.01. The molecule has 1 saturated heterocycles. The van der Waals surface area contributed by atoms with Crippen molar-refractivity contribution in [3.63, 3.8) is 0 Å². The van der Waals surface area contributed by atoms with E-state index in [0.29, 0.717) is 18.1 Å². The van der Waals surface area contributed by atoms with Crippen molar-refractivity contribution in [3.05, 3.63) is 35.6 Å². The molecule has 116 valence electrons. The van der Waals surface area contributed by atoms with Gasteiger partial charge in [0.2, 0.25) is 0 Å². The maximum Gasteiger partial charge on any atom is 0.123 e. The molecule has 0 spiro atoms. The minimum absolute atomic E-state index is 0.00107. The van der Waals surface area contributed by atoms with Crippen molar-refractivity contribution in [3.8, 4) is 0 Å². The van der Waals surface area contributed by atoms with Gasteiger partial charge < -0.3 is 10.1 Å². The zero-order chi connectivity index (χ0) is 14.9. The van der Waals surface area contributed by atoms with E-state index in [2.05, 4.69) is 19.2 Å². The molecule has 2 aliphatic rings. The molecule has 1 N–H and O–H groups in total. The minimum atomic E-state index is -0.142. The van der Waals surface area contributed by atoms with Crippen molar-refractivity contribution in [1.82, 2.24) is 5.32 Å². The summed E-state index contributed by atoms with van der Waals surface area (Å²) in [7, 11) is 0. The average molecular weight is 291 g/mol. The van der Waals surface area contributed by atoms with Gasteiger partial charge in [-0.1, -0.05) is 12.1 Å². The molecule has 21 heavy (non-hydrogen) atoms. The lowest BCUT2D eigenvalue weighted by molar-refractivity contribution is -0.0209. The van der Waals surface area contributed by atoms with Crippen LogP contribution in [0.4, 0.5) is 4.39 Å². The molecule has 3 heteroatoms. The summed E-state index contributed by atoms with van der Waals surface area (Å²) in [6, 6.07) is 7.74. The second-order valence-electron chi connectivity index (χ2n) is 7.21. The molecule has 0 bridgehead atoms. The Morgan fingerprint density at radius 3 is 2.76 bits per heavy atom. The van der Waals surface area contributed by atoms with Crippen LogP contribution in [-0.4, -0.2) is 24.3 Å². The number of halogens is 1. The Balaban J connectivity index is 1.66. The maximum absolute atomic E-state index is 13.5. The van der Waals surface area contributed by atoms with Gasteiger partial charge in [-0.25, -0.2) is 4.39 Å². The Hall–Kier alpha value is -0.930. The fourth-order valence-electron chi connectivity index (χ4n) is 3.26. The van der Waals surface area contributed by atoms with Gasteiger partial charge in [-0.05, 0) is 69.6 Å². The first-order chi connectivity index (χ1) is 10.0. The highest BCUT2D eigenvalue weighted by Crippen LogP contribution is 2.35. The van der Waals surface area contributed by atoms with Crippen molar-refractivity contribution < 1.29 is 9.13 Å². The monoisotopic (exact) mass is 291 g/mol. The topological polar surface area (TPSA) is 21.3 Å². The SMILES string of the molecule is CC1(C)CCC(CC(CNC2CC2)c2cccc(F)c2)O1. The molecular weight excluding hydrogens is 265 g/mol. The van der Waals surface area contributed by atoms with E-state index in [4.69, 9.17) is 4.74 Å². The number of hydrogen-bond donors (Lipinski definition) is 1. The lowest BCUT2D eigenvalue weighted by atomic mass is 9.91. The fraction of sp³-hybridized carbons (Fsp3) is 0.667. The Bertz CT molecular complexity index is 484. The van der Waals surface area contributed by atoms with Crippen LogP contribution < -0.4 is 5.32 Å². The zero-order valence-electron chi connectivity index (χ0n) is 13.1. The van der Waals surface area contributed by atoms with Gasteiger partial charge >= 0.3 is 0 Å². The van der Waals surface area contributed by atoms with Crippen LogP contribution in [0.5, 0.6) is 0 Å². The van der Waals surface area contributed by atoms with Gasteiger partial charge in [0.05, 0.1) is 11.7 Å². The van der Waals surface area contributed by atoms with Gasteiger partial charge in [0.15, 0.2) is 0 Å². The molecule has 1 aromatic rings. The van der Waals surface area contributed by atoms with Gasteiger partial charge in [0.1, 0.15) is 5.82 Å². The van der Waals surface area contributed by atoms with Crippen LogP contribution in [0.2, 0.25) is 0 Å². The highest BCUT2D eigenvalue weighted by Gasteiger charge is 2.33. The van der Waals surface area contributed by atoms with Crippen LogP contribution >= 0.6 is 0 Å². The second-order valence-corrected chi connectivity index (χ2v) is 7.21. The van der Waals surface area contributed by atoms with Gasteiger partial charge in [0, 0.05) is 12.6 Å². The quantitative estimate of drug-likeness (QED) is 0.855. The average Bonchev–Trinajstić information content (AvgIpc) is 3.19. The van der Waals surface area contributed by atoms with Crippen molar-refractivity contribution in [1.29, 1.82) is 0 Å². The van der Waals surface area contributed by atoms with Crippen LogP contribution in [-0.2, 0) is 4.74 Å². The lowest BCUT2D eigenvalue weighted by Crippen LogP contribution is -2.27. The Morgan fingerprint density at radius 2 is 2.14 bits per heavy atom. The minimum Gasteiger partial charge on any atom is -0.372 e. The van der Waals surface area contributed by atoms with Crippen molar-refractivity contribution >= 4 is 0 Å². The van der Waals surface area contributed by atoms with E-state index in [1.807, 2.05) is 12.1 Å². The summed E-state index contributed by atoms with van der Waals surface area (Å²) in [5.74, 6) is 0.191. The molecule has 3 rings (SSSR count). The zero-order valence-corrected chi connectivity index (χ0v) is 13.1. The van der Waals surface area contributed by atoms with Crippen molar-refractivity contribution in [2.24, 2.45) is 0 Å². The fourth-order valence-corrected chi connectivity index (χ4v) is 3.26.